The molecule has 0 saturated carbocycles. The lowest BCUT2D eigenvalue weighted by atomic mass is 9.97. The fourth-order valence-electron chi connectivity index (χ4n) is 5.36. The van der Waals surface area contributed by atoms with E-state index in [9.17, 15) is 24.0 Å². The van der Waals surface area contributed by atoms with Crippen LogP contribution in [0, 0.1) is 17.8 Å². The van der Waals surface area contributed by atoms with Gasteiger partial charge in [0.2, 0.25) is 29.5 Å². The predicted octanol–water partition coefficient (Wildman–Crippen LogP) is 1.89. The largest absolute Gasteiger partial charge is 0.343 e. The van der Waals surface area contributed by atoms with E-state index >= 15 is 0 Å². The molecule has 2 rings (SSSR count). The van der Waals surface area contributed by atoms with Crippen molar-refractivity contribution in [1.82, 2.24) is 26.2 Å². The van der Waals surface area contributed by atoms with E-state index in [1.54, 1.807) is 7.05 Å². The Morgan fingerprint density at radius 3 is 1.82 bits per heavy atom. The molecular weight excluding hydrogens is 560 g/mol. The molecule has 0 unspecified atom stereocenters. The van der Waals surface area contributed by atoms with Gasteiger partial charge in [-0.15, -0.1) is 0 Å². The van der Waals surface area contributed by atoms with E-state index in [2.05, 4.69) is 21.3 Å². The number of unbranched alkanes of at least 4 members (excludes halogenated alkanes) is 1. The zero-order chi connectivity index (χ0) is 33.0. The molecule has 1 saturated heterocycles. The molecule has 1 aliphatic heterocycles. The van der Waals surface area contributed by atoms with Crippen LogP contribution >= 0.6 is 0 Å². The first-order valence-electron chi connectivity index (χ1n) is 16.0. The lowest BCUT2D eigenvalue weighted by Gasteiger charge is -2.34. The molecule has 44 heavy (non-hydrogen) atoms. The molecule has 0 bridgehead atoms. The summed E-state index contributed by atoms with van der Waals surface area (Å²) in [6.45, 7) is 11.9. The minimum Gasteiger partial charge on any atom is -0.343 e. The van der Waals surface area contributed by atoms with Crippen LogP contribution in [0.25, 0.3) is 0 Å². The molecular formula is C33H54N6O5. The maximum absolute atomic E-state index is 13.9. The molecule has 1 heterocycles. The minimum absolute atomic E-state index is 0.0562. The number of nitrogens with two attached hydrogens (primary N) is 1. The second kappa shape index (κ2) is 17.7. The van der Waals surface area contributed by atoms with Crippen LogP contribution in [0.15, 0.2) is 30.3 Å². The molecule has 0 spiro atoms. The SMILES string of the molecule is CC(C)C[C@@H]1NC(=O)[C@H](CCCCN)NC(=O)[C@@H](Cc2ccccc2)NC(=O)[C@@H](CC(C)C)N(C)C(=O)[C@@H](C(C)C)NC1=O. The number of benzene rings is 1. The van der Waals surface area contributed by atoms with Crippen LogP contribution in [-0.4, -0.2) is 78.2 Å². The molecule has 5 amide bonds. The first kappa shape index (κ1) is 36.7. The number of nitrogens with zero attached hydrogens (tertiary/aromatic N) is 1. The van der Waals surface area contributed by atoms with Crippen LogP contribution in [0.4, 0.5) is 0 Å². The first-order valence-corrected chi connectivity index (χ1v) is 16.0. The number of hydrogen-bond donors (Lipinski definition) is 5. The van der Waals surface area contributed by atoms with Gasteiger partial charge in [0.15, 0.2) is 0 Å². The molecule has 0 aliphatic carbocycles. The molecule has 1 aliphatic rings. The average molecular weight is 615 g/mol. The molecule has 11 nitrogen and oxygen atoms in total. The fraction of sp³-hybridized carbons (Fsp3) is 0.667. The summed E-state index contributed by atoms with van der Waals surface area (Å²) in [6, 6.07) is 4.60. The van der Waals surface area contributed by atoms with Gasteiger partial charge in [0.25, 0.3) is 0 Å². The first-order chi connectivity index (χ1) is 20.7. The molecule has 1 aromatic carbocycles. The van der Waals surface area contributed by atoms with E-state index in [-0.39, 0.29) is 24.2 Å². The number of likely N-dealkylation sites (N-methyl/N-ethyl adjacent to an activating group) is 1. The Labute approximate surface area is 262 Å². The van der Waals surface area contributed by atoms with Crippen LogP contribution in [0.2, 0.25) is 0 Å². The number of nitrogens with one attached hydrogen (secondary N) is 4. The summed E-state index contributed by atoms with van der Waals surface area (Å²) in [4.78, 5) is 70.3. The quantitative estimate of drug-likeness (QED) is 0.239. The van der Waals surface area contributed by atoms with Gasteiger partial charge in [-0.05, 0) is 62.0 Å². The van der Waals surface area contributed by atoms with Gasteiger partial charge in [-0.25, -0.2) is 0 Å². The van der Waals surface area contributed by atoms with Crippen molar-refractivity contribution in [3.05, 3.63) is 35.9 Å². The number of carbonyl (C=O) groups is 5. The predicted molar refractivity (Wildman–Crippen MR) is 171 cm³/mol. The van der Waals surface area contributed by atoms with Gasteiger partial charge < -0.3 is 31.9 Å². The lowest BCUT2D eigenvalue weighted by Crippen LogP contribution is -2.59. The third-order valence-electron chi connectivity index (χ3n) is 7.88. The molecule has 6 N–H and O–H groups in total. The number of amides is 5. The number of rotatable bonds is 11. The highest BCUT2D eigenvalue weighted by molar-refractivity contribution is 5.98. The van der Waals surface area contributed by atoms with E-state index in [0.29, 0.717) is 38.6 Å². The average Bonchev–Trinajstić information content (AvgIpc) is 2.96. The molecule has 1 fully saturated rings. The standard InChI is InChI=1S/C33H54N6O5/c1-20(2)17-25-31(42)38-28(22(5)6)33(44)39(7)27(18-21(3)4)32(43)37-26(19-23-13-9-8-10-14-23)30(41)35-24(29(40)36-25)15-11-12-16-34/h8-10,13-14,20-22,24-28H,11-12,15-19,34H2,1-7H3,(H,35,41)(H,36,40)(H,37,43)(H,38,42)/t24-,25-,26+,27+,28+/m0/s1. The summed E-state index contributed by atoms with van der Waals surface area (Å²) in [7, 11) is 1.56. The van der Waals surface area contributed by atoms with E-state index in [1.165, 1.54) is 4.90 Å². The van der Waals surface area contributed by atoms with E-state index in [4.69, 9.17) is 5.73 Å². The zero-order valence-electron chi connectivity index (χ0n) is 27.5. The Morgan fingerprint density at radius 1 is 0.705 bits per heavy atom. The number of hydrogen-bond acceptors (Lipinski definition) is 6. The van der Waals surface area contributed by atoms with Gasteiger partial charge in [0.1, 0.15) is 30.2 Å². The minimum atomic E-state index is -1.01. The summed E-state index contributed by atoms with van der Waals surface area (Å²) >= 11 is 0. The van der Waals surface area contributed by atoms with Gasteiger partial charge in [-0.2, -0.15) is 0 Å². The summed E-state index contributed by atoms with van der Waals surface area (Å²) < 4.78 is 0. The van der Waals surface area contributed by atoms with Crippen LogP contribution < -0.4 is 27.0 Å². The third-order valence-corrected chi connectivity index (χ3v) is 7.88. The van der Waals surface area contributed by atoms with Crippen molar-refractivity contribution >= 4 is 29.5 Å². The molecule has 246 valence electrons. The Bertz CT molecular complexity index is 1110. The highest BCUT2D eigenvalue weighted by Gasteiger charge is 2.38. The Hall–Kier alpha value is -3.47. The van der Waals surface area contributed by atoms with E-state index < -0.39 is 59.7 Å². The summed E-state index contributed by atoms with van der Waals surface area (Å²) in [5.41, 5.74) is 6.52. The van der Waals surface area contributed by atoms with Gasteiger partial charge in [0, 0.05) is 13.5 Å². The van der Waals surface area contributed by atoms with Crippen LogP contribution in [0.5, 0.6) is 0 Å². The highest BCUT2D eigenvalue weighted by atomic mass is 16.2. The summed E-state index contributed by atoms with van der Waals surface area (Å²) in [5.74, 6) is -2.58. The summed E-state index contributed by atoms with van der Waals surface area (Å²) in [6.07, 6.45) is 2.42. The molecule has 1 aromatic rings. The smallest absolute Gasteiger partial charge is 0.245 e. The van der Waals surface area contributed by atoms with Crippen molar-refractivity contribution in [3.8, 4) is 0 Å². The topological polar surface area (TPSA) is 163 Å². The molecule has 5 atom stereocenters. The maximum atomic E-state index is 13.9. The summed E-state index contributed by atoms with van der Waals surface area (Å²) in [5, 5.41) is 11.5. The van der Waals surface area contributed by atoms with E-state index in [1.807, 2.05) is 71.9 Å². The van der Waals surface area contributed by atoms with Crippen molar-refractivity contribution in [2.75, 3.05) is 13.6 Å². The van der Waals surface area contributed by atoms with Crippen LogP contribution in [0.1, 0.15) is 79.2 Å². The second-order valence-corrected chi connectivity index (χ2v) is 13.1. The highest BCUT2D eigenvalue weighted by Crippen LogP contribution is 2.17. The monoisotopic (exact) mass is 614 g/mol. The number of carbonyl (C=O) groups excluding carboxylic acids is 5. The van der Waals surface area contributed by atoms with Crippen LogP contribution in [0.3, 0.4) is 0 Å². The zero-order valence-corrected chi connectivity index (χ0v) is 27.5. The maximum Gasteiger partial charge on any atom is 0.245 e. The van der Waals surface area contributed by atoms with Crippen molar-refractivity contribution in [2.45, 2.75) is 110 Å². The molecule has 11 heteroatoms. The van der Waals surface area contributed by atoms with Crippen molar-refractivity contribution in [2.24, 2.45) is 23.5 Å². The third kappa shape index (κ3) is 11.2. The Morgan fingerprint density at radius 2 is 1.25 bits per heavy atom. The van der Waals surface area contributed by atoms with Gasteiger partial charge >= 0.3 is 0 Å². The molecule has 0 aromatic heterocycles. The van der Waals surface area contributed by atoms with Crippen molar-refractivity contribution < 1.29 is 24.0 Å². The Kier molecular flexibility index (Phi) is 14.8. The van der Waals surface area contributed by atoms with Gasteiger partial charge in [-0.3, -0.25) is 24.0 Å². The van der Waals surface area contributed by atoms with Gasteiger partial charge in [-0.1, -0.05) is 71.9 Å². The lowest BCUT2D eigenvalue weighted by molar-refractivity contribution is -0.144. The van der Waals surface area contributed by atoms with Crippen LogP contribution in [-0.2, 0) is 30.4 Å². The Balaban J connectivity index is 2.63. The second-order valence-electron chi connectivity index (χ2n) is 13.1. The van der Waals surface area contributed by atoms with Crippen molar-refractivity contribution in [1.29, 1.82) is 0 Å². The van der Waals surface area contributed by atoms with Gasteiger partial charge in [0.05, 0.1) is 0 Å². The fourth-order valence-corrected chi connectivity index (χ4v) is 5.36. The molecule has 0 radical (unpaired) electrons. The normalized spacial score (nSPS) is 24.5. The van der Waals surface area contributed by atoms with E-state index in [0.717, 1.165) is 5.56 Å². The van der Waals surface area contributed by atoms with Crippen molar-refractivity contribution in [3.63, 3.8) is 0 Å².